The lowest BCUT2D eigenvalue weighted by Gasteiger charge is -2.23. The Labute approximate surface area is 171 Å². The Hall–Kier alpha value is -1.64. The number of halogens is 2. The minimum atomic E-state index is -0.173. The Bertz CT molecular complexity index is 754. The number of guanidine groups is 1. The molecule has 0 radical (unpaired) electrons. The minimum absolute atomic E-state index is 0. The Kier molecular flexibility index (Phi) is 7.02. The molecule has 1 fully saturated rings. The molecule has 1 aliphatic rings. The molecule has 26 heavy (non-hydrogen) atoms. The highest BCUT2D eigenvalue weighted by Crippen LogP contribution is 2.48. The summed E-state index contributed by atoms with van der Waals surface area (Å²) in [6, 6.07) is 6.94. The van der Waals surface area contributed by atoms with Crippen LogP contribution in [0, 0.1) is 5.82 Å². The molecule has 0 bridgehead atoms. The van der Waals surface area contributed by atoms with Gasteiger partial charge in [-0.2, -0.15) is 5.10 Å². The van der Waals surface area contributed by atoms with Gasteiger partial charge in [0.05, 0.1) is 12.7 Å². The molecule has 1 aliphatic carbocycles. The van der Waals surface area contributed by atoms with E-state index in [4.69, 9.17) is 4.99 Å². The fourth-order valence-corrected chi connectivity index (χ4v) is 3.11. The lowest BCUT2D eigenvalue weighted by Crippen LogP contribution is -2.39. The van der Waals surface area contributed by atoms with Crippen LogP contribution in [0.5, 0.6) is 0 Å². The van der Waals surface area contributed by atoms with E-state index in [0.717, 1.165) is 43.0 Å². The van der Waals surface area contributed by atoms with Crippen LogP contribution in [-0.2, 0) is 19.0 Å². The maximum atomic E-state index is 13.6. The molecule has 3 rings (SSSR count). The summed E-state index contributed by atoms with van der Waals surface area (Å²) in [6.45, 7) is 4.29. The third kappa shape index (κ3) is 4.96. The summed E-state index contributed by atoms with van der Waals surface area (Å²) in [6.07, 6.45) is 6.00. The van der Waals surface area contributed by atoms with Crippen LogP contribution in [0.15, 0.2) is 41.7 Å². The van der Waals surface area contributed by atoms with Crippen LogP contribution in [0.25, 0.3) is 0 Å². The summed E-state index contributed by atoms with van der Waals surface area (Å²) in [5.41, 5.74) is 2.20. The van der Waals surface area contributed by atoms with Crippen LogP contribution in [0.3, 0.4) is 0 Å². The standard InChI is InChI=1S/C19H26FN5.HI/c1-4-21-18(24(2)12-15-11-23-25(3)13-15)22-14-19(8-9-19)16-6-5-7-17(20)10-16;/h5-7,10-11,13H,4,8-9,12,14H2,1-3H3,(H,21,22);1H. The SMILES string of the molecule is CCNC(=NCC1(c2cccc(F)c2)CC1)N(C)Cc1cnn(C)c1.I. The van der Waals surface area contributed by atoms with Gasteiger partial charge in [0.2, 0.25) is 0 Å². The zero-order valence-electron chi connectivity index (χ0n) is 15.6. The molecule has 2 aromatic rings. The van der Waals surface area contributed by atoms with Gasteiger partial charge in [-0.3, -0.25) is 9.67 Å². The van der Waals surface area contributed by atoms with Crippen LogP contribution in [-0.4, -0.2) is 40.8 Å². The van der Waals surface area contributed by atoms with Gasteiger partial charge in [0.15, 0.2) is 5.96 Å². The van der Waals surface area contributed by atoms with E-state index in [1.807, 2.05) is 32.6 Å². The van der Waals surface area contributed by atoms with Gasteiger partial charge in [-0.15, -0.1) is 24.0 Å². The Morgan fingerprint density at radius 2 is 2.19 bits per heavy atom. The second kappa shape index (κ2) is 8.83. The highest BCUT2D eigenvalue weighted by molar-refractivity contribution is 14.0. The summed E-state index contributed by atoms with van der Waals surface area (Å²) in [5, 5.41) is 7.56. The topological polar surface area (TPSA) is 45.5 Å². The number of nitrogens with zero attached hydrogens (tertiary/aromatic N) is 4. The van der Waals surface area contributed by atoms with Crippen molar-refractivity contribution in [1.82, 2.24) is 20.0 Å². The Morgan fingerprint density at radius 3 is 2.77 bits per heavy atom. The van der Waals surface area contributed by atoms with Gasteiger partial charge in [0, 0.05) is 44.4 Å². The van der Waals surface area contributed by atoms with Crippen LogP contribution in [0.1, 0.15) is 30.9 Å². The lowest BCUT2D eigenvalue weighted by molar-refractivity contribution is 0.474. The molecule has 7 heteroatoms. The van der Waals surface area contributed by atoms with Crippen molar-refractivity contribution in [2.75, 3.05) is 20.1 Å². The van der Waals surface area contributed by atoms with E-state index in [2.05, 4.69) is 22.2 Å². The number of aromatic nitrogens is 2. The molecule has 0 atom stereocenters. The molecule has 1 aromatic carbocycles. The van der Waals surface area contributed by atoms with Gasteiger partial charge in [-0.25, -0.2) is 4.39 Å². The largest absolute Gasteiger partial charge is 0.357 e. The van der Waals surface area contributed by atoms with Crippen LogP contribution >= 0.6 is 24.0 Å². The van der Waals surface area contributed by atoms with Gasteiger partial charge < -0.3 is 10.2 Å². The van der Waals surface area contributed by atoms with Gasteiger partial charge >= 0.3 is 0 Å². The molecule has 1 heterocycles. The second-order valence-electron chi connectivity index (χ2n) is 6.84. The highest BCUT2D eigenvalue weighted by Gasteiger charge is 2.44. The molecule has 142 valence electrons. The minimum Gasteiger partial charge on any atom is -0.357 e. The quantitative estimate of drug-likeness (QED) is 0.400. The van der Waals surface area contributed by atoms with Crippen molar-refractivity contribution in [3.05, 3.63) is 53.6 Å². The number of hydrogen-bond acceptors (Lipinski definition) is 2. The van der Waals surface area contributed by atoms with Crippen LogP contribution in [0.2, 0.25) is 0 Å². The molecule has 1 aromatic heterocycles. The van der Waals surface area contributed by atoms with Gasteiger partial charge in [-0.05, 0) is 37.5 Å². The predicted molar refractivity (Wildman–Crippen MR) is 113 cm³/mol. The molecule has 5 nitrogen and oxygen atoms in total. The number of aryl methyl sites for hydroxylation is 1. The lowest BCUT2D eigenvalue weighted by atomic mass is 9.96. The van der Waals surface area contributed by atoms with E-state index in [-0.39, 0.29) is 35.2 Å². The first-order valence-corrected chi connectivity index (χ1v) is 8.75. The molecule has 1 saturated carbocycles. The first-order valence-electron chi connectivity index (χ1n) is 8.75. The number of aliphatic imine (C=N–C) groups is 1. The van der Waals surface area contributed by atoms with Gasteiger partial charge in [0.25, 0.3) is 0 Å². The summed E-state index contributed by atoms with van der Waals surface area (Å²) in [7, 11) is 3.94. The molecule has 0 unspecified atom stereocenters. The Morgan fingerprint density at radius 1 is 1.42 bits per heavy atom. The molecule has 0 aliphatic heterocycles. The van der Waals surface area contributed by atoms with Gasteiger partial charge in [0.1, 0.15) is 5.82 Å². The third-order valence-electron chi connectivity index (χ3n) is 4.70. The molecular formula is C19H27FIN5. The fourth-order valence-electron chi connectivity index (χ4n) is 3.11. The van der Waals surface area contributed by atoms with E-state index in [1.165, 1.54) is 6.07 Å². The molecule has 1 N–H and O–H groups in total. The average molecular weight is 471 g/mol. The van der Waals surface area contributed by atoms with E-state index >= 15 is 0 Å². The van der Waals surface area contributed by atoms with Crippen molar-refractivity contribution in [2.24, 2.45) is 12.0 Å². The monoisotopic (exact) mass is 471 g/mol. The van der Waals surface area contributed by atoms with Crippen molar-refractivity contribution in [1.29, 1.82) is 0 Å². The molecule has 0 saturated heterocycles. The molecular weight excluding hydrogens is 444 g/mol. The number of hydrogen-bond donors (Lipinski definition) is 1. The third-order valence-corrected chi connectivity index (χ3v) is 4.70. The Balaban J connectivity index is 0.00000243. The number of rotatable bonds is 6. The van der Waals surface area contributed by atoms with Crippen molar-refractivity contribution in [2.45, 2.75) is 31.7 Å². The van der Waals surface area contributed by atoms with E-state index in [0.29, 0.717) is 6.54 Å². The van der Waals surface area contributed by atoms with Crippen molar-refractivity contribution >= 4 is 29.9 Å². The van der Waals surface area contributed by atoms with E-state index in [1.54, 1.807) is 16.8 Å². The number of benzene rings is 1. The summed E-state index contributed by atoms with van der Waals surface area (Å²) in [5.74, 6) is 0.697. The van der Waals surface area contributed by atoms with Crippen LogP contribution < -0.4 is 5.32 Å². The van der Waals surface area contributed by atoms with Crippen molar-refractivity contribution in [3.63, 3.8) is 0 Å². The fraction of sp³-hybridized carbons (Fsp3) is 0.474. The maximum absolute atomic E-state index is 13.6. The summed E-state index contributed by atoms with van der Waals surface area (Å²) < 4.78 is 15.4. The highest BCUT2D eigenvalue weighted by atomic mass is 127. The van der Waals surface area contributed by atoms with Gasteiger partial charge in [-0.1, -0.05) is 12.1 Å². The average Bonchev–Trinajstić information content (AvgIpc) is 3.27. The van der Waals surface area contributed by atoms with Crippen molar-refractivity contribution < 1.29 is 4.39 Å². The normalized spacial score (nSPS) is 15.3. The predicted octanol–water partition coefficient (Wildman–Crippen LogP) is 3.31. The zero-order chi connectivity index (χ0) is 17.9. The smallest absolute Gasteiger partial charge is 0.193 e. The summed E-state index contributed by atoms with van der Waals surface area (Å²) in [4.78, 5) is 6.94. The number of nitrogens with one attached hydrogen (secondary N) is 1. The second-order valence-corrected chi connectivity index (χ2v) is 6.84. The summed E-state index contributed by atoms with van der Waals surface area (Å²) >= 11 is 0. The maximum Gasteiger partial charge on any atom is 0.193 e. The molecule has 0 amide bonds. The molecule has 0 spiro atoms. The van der Waals surface area contributed by atoms with E-state index in [9.17, 15) is 4.39 Å². The first kappa shape index (κ1) is 20.7. The van der Waals surface area contributed by atoms with Crippen LogP contribution in [0.4, 0.5) is 4.39 Å². The van der Waals surface area contributed by atoms with Crippen molar-refractivity contribution in [3.8, 4) is 0 Å². The van der Waals surface area contributed by atoms with E-state index < -0.39 is 0 Å². The zero-order valence-corrected chi connectivity index (χ0v) is 17.9. The first-order chi connectivity index (χ1) is 12.0.